The van der Waals surface area contributed by atoms with Crippen LogP contribution in [0, 0.1) is 63.4 Å². The van der Waals surface area contributed by atoms with Gasteiger partial charge in [-0.2, -0.15) is 119 Å². The Morgan fingerprint density at radius 1 is 0.235 bits per heavy atom. The largest absolute Gasteiger partial charge is 1.00 e. The molecule has 0 atom stereocenters. The van der Waals surface area contributed by atoms with Crippen LogP contribution in [0.2, 0.25) is 0 Å². The van der Waals surface area contributed by atoms with Crippen molar-refractivity contribution in [1.82, 2.24) is 0 Å². The van der Waals surface area contributed by atoms with Gasteiger partial charge in [-0.3, -0.25) is 0 Å². The predicted molar refractivity (Wildman–Crippen MR) is 442 cm³/mol. The van der Waals surface area contributed by atoms with Crippen LogP contribution in [-0.4, -0.2) is 85.3 Å². The summed E-state index contributed by atoms with van der Waals surface area (Å²) in [5.41, 5.74) is 15.5. The number of hydrogen-bond acceptors (Lipinski definition) is 10. The third kappa shape index (κ3) is 37.7. The van der Waals surface area contributed by atoms with Crippen LogP contribution in [0.1, 0.15) is 55.6 Å². The van der Waals surface area contributed by atoms with Crippen LogP contribution < -0.4 is 552 Å². The van der Waals surface area contributed by atoms with Gasteiger partial charge < -0.3 is 62.2 Å². The van der Waals surface area contributed by atoms with Crippen LogP contribution >= 0.6 is 0 Å². The Bertz CT molecular complexity index is 4470. The fourth-order valence-corrected chi connectivity index (χ4v) is 12.6. The fraction of sp³-hybridized carbons (Fsp3) is 0.152. The van der Waals surface area contributed by atoms with E-state index in [0.717, 1.165) is 74.3 Å². The Kier molecular flexibility index (Phi) is 78.8. The summed E-state index contributed by atoms with van der Waals surface area (Å²) in [5.74, 6) is 5.87. The van der Waals surface area contributed by atoms with Crippen LogP contribution in [0.25, 0.3) is 33.0 Å². The summed E-state index contributed by atoms with van der Waals surface area (Å²) in [6.07, 6.45) is 0.862. The molecule has 0 fully saturated rings. The van der Waals surface area contributed by atoms with Crippen molar-refractivity contribution in [3.63, 3.8) is 0 Å². The molecule has 10 nitrogen and oxygen atoms in total. The molecule has 14 aromatic rings. The van der Waals surface area contributed by atoms with Crippen molar-refractivity contribution < 1.29 is 561 Å². The number of benzene rings is 14. The van der Waals surface area contributed by atoms with E-state index in [2.05, 4.69) is 228 Å². The quantitative estimate of drug-likeness (QED) is 0.0499. The minimum Gasteiger partial charge on any atom is -0.523 e. The fourth-order valence-electron chi connectivity index (χ4n) is 12.6. The zero-order chi connectivity index (χ0) is 75.6. The first-order chi connectivity index (χ1) is 52.5. The zero-order valence-electron chi connectivity index (χ0n) is 74.7. The maximum absolute atomic E-state index is 5.36. The van der Waals surface area contributed by atoms with E-state index < -0.39 is 10.8 Å². The first kappa shape index (κ1) is 129. The van der Waals surface area contributed by atoms with Gasteiger partial charge in [0.1, 0.15) is 0 Å². The molecular formula is C99H94K10O10. The second kappa shape index (κ2) is 72.5. The molecule has 0 amide bonds. The van der Waals surface area contributed by atoms with Gasteiger partial charge in [0.15, 0.2) is 0 Å². The zero-order valence-corrected chi connectivity index (χ0v) is 106. The molecule has 0 radical (unpaired) electrons. The molecule has 0 bridgehead atoms. The summed E-state index contributed by atoms with van der Waals surface area (Å²) in [7, 11) is 19.7. The van der Waals surface area contributed by atoms with Gasteiger partial charge in [0.05, 0.1) is 56.9 Å². The van der Waals surface area contributed by atoms with Crippen molar-refractivity contribution in [2.75, 3.05) is 85.3 Å². The molecule has 1 aliphatic carbocycles. The average molecular weight is 1830 g/mol. The number of methoxy groups -OCH3 is 10. The van der Waals surface area contributed by atoms with Crippen molar-refractivity contribution in [3.8, 4) is 68.2 Å². The van der Waals surface area contributed by atoms with Gasteiger partial charge in [0.2, 0.25) is 0 Å². The molecule has 20 heteroatoms. The van der Waals surface area contributed by atoms with Crippen molar-refractivity contribution in [3.05, 3.63) is 422 Å². The standard InChI is InChI=1S/C27H20O2.C27H22O2.C15H14O2.C14H12O2.C10H8.2C2H6O.2CH3.10K/c1-28-21-15-11-19(12-16-21)27(20-13-17-22(29-2)18-14-20)25-9-5-3-7-23(25)24-8-4-6-10-26(24)27;1-28-25-17-13-23(14-18-25)27(21-9-5-3-6-10-21,22-11-7-4-8-12-22)24-15-19-26(29-2)20-16-24;1-16-14-7-3-12(4-8-14)11-13-5-9-15(17-2)10-6-13;1-15-13-7-3-11(4-8-13)12-5-9-14(16-2)10-6-12;1-2-6-10-8-4-3-7-9(10)5-1;2*1-3-2;;;;;;;;;;;;/h3-15,17H,1-2H3;3-17,19H,1-2H3;3-7,9H,11H2,1-2H3;3-7,9H,1-2H3;1-8H;2*1-2H3;2*1H3;;;;;;;;;;/q4*-2;;;;2*-1;10*+1. The van der Waals surface area contributed by atoms with Crippen LogP contribution in [0.15, 0.2) is 303 Å². The van der Waals surface area contributed by atoms with Crippen LogP contribution in [0.3, 0.4) is 0 Å². The van der Waals surface area contributed by atoms with E-state index in [1.54, 1.807) is 85.3 Å². The van der Waals surface area contributed by atoms with Gasteiger partial charge in [0, 0.05) is 74.4 Å². The third-order valence-electron chi connectivity index (χ3n) is 17.7. The Morgan fingerprint density at radius 2 is 0.479 bits per heavy atom. The summed E-state index contributed by atoms with van der Waals surface area (Å²) in [5, 5.41) is 2.62. The van der Waals surface area contributed by atoms with Crippen molar-refractivity contribution in [2.45, 2.75) is 17.3 Å². The topological polar surface area (TPSA) is 92.3 Å². The Hall–Kier alpha value is 4.02. The third-order valence-corrected chi connectivity index (χ3v) is 17.7. The van der Waals surface area contributed by atoms with E-state index >= 15 is 0 Å². The molecule has 119 heavy (non-hydrogen) atoms. The van der Waals surface area contributed by atoms with E-state index in [1.165, 1.54) is 55.3 Å². The number of fused-ring (bicyclic) bond motifs is 4. The molecule has 0 saturated heterocycles. The molecule has 15 rings (SSSR count). The first-order valence-electron chi connectivity index (χ1n) is 34.5. The summed E-state index contributed by atoms with van der Waals surface area (Å²) in [6.45, 7) is 0. The Balaban J connectivity index is -0.000000690. The maximum Gasteiger partial charge on any atom is 1.00 e. The van der Waals surface area contributed by atoms with Gasteiger partial charge in [-0.05, 0) is 43.9 Å². The second-order valence-electron chi connectivity index (χ2n) is 24.1. The van der Waals surface area contributed by atoms with E-state index in [-0.39, 0.29) is 529 Å². The maximum atomic E-state index is 5.36. The molecule has 0 N–H and O–H groups in total. The number of rotatable bonds is 17. The van der Waals surface area contributed by atoms with Crippen molar-refractivity contribution in [1.29, 1.82) is 0 Å². The molecule has 0 spiro atoms. The first-order valence-corrected chi connectivity index (χ1v) is 34.5. The summed E-state index contributed by atoms with van der Waals surface area (Å²) >= 11 is 0. The Morgan fingerprint density at radius 3 is 0.723 bits per heavy atom. The van der Waals surface area contributed by atoms with Gasteiger partial charge >= 0.3 is 514 Å². The van der Waals surface area contributed by atoms with E-state index in [9.17, 15) is 0 Å². The number of ether oxygens (including phenoxy) is 10. The van der Waals surface area contributed by atoms with E-state index in [0.29, 0.717) is 11.5 Å². The summed E-state index contributed by atoms with van der Waals surface area (Å²) in [6, 6.07) is 128. The minimum absolute atomic E-state index is 0. The average Bonchev–Trinajstić information content (AvgIpc) is 1.55. The minimum atomic E-state index is -0.520. The monoisotopic (exact) mass is 1830 g/mol. The molecule has 1 aliphatic rings. The van der Waals surface area contributed by atoms with Gasteiger partial charge in [-0.15, -0.1) is 119 Å². The van der Waals surface area contributed by atoms with Crippen LogP contribution in [0.4, 0.5) is 0 Å². The molecule has 14 aromatic carbocycles. The molecular weight excluding hydrogens is 1740 g/mol. The van der Waals surface area contributed by atoms with Crippen molar-refractivity contribution >= 4 is 10.8 Å². The molecule has 560 valence electrons. The van der Waals surface area contributed by atoms with Crippen LogP contribution in [-0.2, 0) is 26.7 Å². The molecule has 0 saturated carbocycles. The van der Waals surface area contributed by atoms with Crippen LogP contribution in [0.5, 0.6) is 46.0 Å². The van der Waals surface area contributed by atoms with Gasteiger partial charge in [0.25, 0.3) is 0 Å². The molecule has 0 heterocycles. The predicted octanol–water partition coefficient (Wildman–Crippen LogP) is -8.47. The SMILES string of the molecule is COC.COC.COc1[c-]cc(-c2c[c-]c(OC)cc2)cc1.COc1[c-]cc(C(c2c[c-]c(OC)cc2)(c2ccccc2)c2ccccc2)cc1.COc1[c-]cc(C2(c3c[c-]c(OC)cc3)c3ccccc3-c3ccccc32)cc1.COc1[c-]cc(Cc2c[c-]c(OC)cc2)cc1.[CH3-].[CH3-].[K+].[K+].[K+].[K+].[K+].[K+].[K+].[K+].[K+].[K+].c1ccc2ccccc2c1. The Labute approximate surface area is 1140 Å². The molecule has 0 aliphatic heterocycles. The normalized spacial score (nSPS) is 9.88. The smallest absolute Gasteiger partial charge is 0.523 e. The van der Waals surface area contributed by atoms with E-state index in [1.807, 2.05) is 133 Å². The number of hydrogen-bond donors (Lipinski definition) is 0. The van der Waals surface area contributed by atoms with E-state index in [4.69, 9.17) is 37.9 Å². The van der Waals surface area contributed by atoms with Gasteiger partial charge in [-0.25, -0.2) is 0 Å². The van der Waals surface area contributed by atoms with Gasteiger partial charge in [-0.1, -0.05) is 175 Å². The molecule has 0 aromatic heterocycles. The summed E-state index contributed by atoms with van der Waals surface area (Å²) in [4.78, 5) is 0. The molecule has 0 unspecified atom stereocenters. The van der Waals surface area contributed by atoms with Crippen molar-refractivity contribution in [2.24, 2.45) is 0 Å². The second-order valence-corrected chi connectivity index (χ2v) is 24.1. The summed E-state index contributed by atoms with van der Waals surface area (Å²) < 4.78 is 50.2.